The summed E-state index contributed by atoms with van der Waals surface area (Å²) >= 11 is 0. The molecule has 21 heavy (non-hydrogen) atoms. The van der Waals surface area contributed by atoms with E-state index in [-0.39, 0.29) is 18.1 Å². The third-order valence-corrected chi connectivity index (χ3v) is 4.78. The van der Waals surface area contributed by atoms with Gasteiger partial charge in [0.25, 0.3) is 0 Å². The van der Waals surface area contributed by atoms with Gasteiger partial charge in [-0.1, -0.05) is 34.6 Å². The quantitative estimate of drug-likeness (QED) is 0.752. The van der Waals surface area contributed by atoms with Gasteiger partial charge in [-0.2, -0.15) is 17.5 Å². The van der Waals surface area contributed by atoms with Gasteiger partial charge >= 0.3 is 6.18 Å². The number of carbonyl (C=O) groups is 1. The van der Waals surface area contributed by atoms with Gasteiger partial charge in [-0.3, -0.25) is 4.79 Å². The van der Waals surface area contributed by atoms with E-state index in [9.17, 15) is 26.4 Å². The maximum atomic E-state index is 12.4. The molecule has 0 aliphatic carbocycles. The van der Waals surface area contributed by atoms with Gasteiger partial charge in [0, 0.05) is 12.5 Å². The Bertz CT molecular complexity index is 464. The van der Waals surface area contributed by atoms with Crippen LogP contribution >= 0.6 is 0 Å². The second kappa shape index (κ2) is 6.64. The summed E-state index contributed by atoms with van der Waals surface area (Å²) in [5, 5.41) is 0. The highest BCUT2D eigenvalue weighted by atomic mass is 32.2. The van der Waals surface area contributed by atoms with Crippen molar-refractivity contribution in [1.82, 2.24) is 4.31 Å². The molecule has 0 amide bonds. The lowest BCUT2D eigenvalue weighted by Gasteiger charge is -2.32. The number of hydrogen-bond donors (Lipinski definition) is 0. The summed E-state index contributed by atoms with van der Waals surface area (Å²) in [7, 11) is -3.54. The van der Waals surface area contributed by atoms with Crippen LogP contribution in [0.5, 0.6) is 0 Å². The van der Waals surface area contributed by atoms with E-state index in [1.165, 1.54) is 0 Å². The molecule has 0 saturated heterocycles. The number of Topliss-reactive ketones (excluding diaryl/α,β-unsaturated/α-hetero) is 1. The number of likely N-dealkylation sites (N-methyl/N-ethyl adjacent to an activating group) is 1. The van der Waals surface area contributed by atoms with E-state index in [0.717, 1.165) is 7.05 Å². The van der Waals surface area contributed by atoms with Crippen molar-refractivity contribution in [2.45, 2.75) is 53.3 Å². The molecule has 8 heteroatoms. The summed E-state index contributed by atoms with van der Waals surface area (Å²) in [6.45, 7) is 8.42. The monoisotopic (exact) mass is 331 g/mol. The van der Waals surface area contributed by atoms with E-state index in [4.69, 9.17) is 0 Å². The molecule has 0 fully saturated rings. The van der Waals surface area contributed by atoms with E-state index < -0.39 is 33.4 Å². The minimum atomic E-state index is -4.83. The van der Waals surface area contributed by atoms with Gasteiger partial charge in [0.15, 0.2) is 11.5 Å². The topological polar surface area (TPSA) is 54.5 Å². The van der Waals surface area contributed by atoms with Crippen LogP contribution in [0.1, 0.15) is 41.0 Å². The Kier molecular flexibility index (Phi) is 6.44. The molecular formula is C13H24F3NO3S. The van der Waals surface area contributed by atoms with Gasteiger partial charge in [-0.15, -0.1) is 0 Å². The van der Waals surface area contributed by atoms with Gasteiger partial charge in [0.2, 0.25) is 10.0 Å². The Morgan fingerprint density at radius 1 is 1.14 bits per heavy atom. The van der Waals surface area contributed by atoms with Crippen molar-refractivity contribution in [3.63, 3.8) is 0 Å². The average molecular weight is 331 g/mol. The van der Waals surface area contributed by atoms with Crippen molar-refractivity contribution in [2.24, 2.45) is 11.3 Å². The van der Waals surface area contributed by atoms with E-state index in [0.29, 0.717) is 4.31 Å². The molecule has 0 saturated carbocycles. The van der Waals surface area contributed by atoms with Crippen LogP contribution in [0, 0.1) is 11.3 Å². The maximum absolute atomic E-state index is 12.4. The molecule has 126 valence electrons. The van der Waals surface area contributed by atoms with Gasteiger partial charge in [-0.05, 0) is 12.3 Å². The normalized spacial score (nSPS) is 15.6. The molecule has 0 aromatic rings. The third kappa shape index (κ3) is 6.78. The van der Waals surface area contributed by atoms with Crippen LogP contribution in [0.4, 0.5) is 13.2 Å². The Morgan fingerprint density at radius 2 is 1.57 bits per heavy atom. The van der Waals surface area contributed by atoms with Gasteiger partial charge < -0.3 is 0 Å². The number of nitrogens with zero attached hydrogens (tertiary/aromatic N) is 1. The van der Waals surface area contributed by atoms with Crippen molar-refractivity contribution >= 4 is 15.8 Å². The van der Waals surface area contributed by atoms with E-state index in [2.05, 4.69) is 0 Å². The molecule has 0 bridgehead atoms. The molecule has 0 aromatic carbocycles. The minimum absolute atomic E-state index is 0.0233. The Morgan fingerprint density at radius 3 is 1.86 bits per heavy atom. The van der Waals surface area contributed by atoms with Gasteiger partial charge in [0.1, 0.15) is 0 Å². The van der Waals surface area contributed by atoms with E-state index >= 15 is 0 Å². The zero-order valence-corrected chi connectivity index (χ0v) is 14.1. The molecule has 0 aromatic heterocycles. The number of hydrogen-bond acceptors (Lipinski definition) is 3. The van der Waals surface area contributed by atoms with E-state index in [1.54, 1.807) is 34.6 Å². The predicted octanol–water partition coefficient (Wildman–Crippen LogP) is 2.84. The number of alkyl halides is 3. The Balaban J connectivity index is 5.49. The highest BCUT2D eigenvalue weighted by Crippen LogP contribution is 2.27. The van der Waals surface area contributed by atoms with Crippen molar-refractivity contribution in [2.75, 3.05) is 12.8 Å². The Hall–Kier alpha value is -0.630. The van der Waals surface area contributed by atoms with Crippen molar-refractivity contribution in [3.05, 3.63) is 0 Å². The summed E-state index contributed by atoms with van der Waals surface area (Å²) in [6, 6.07) is -1.09. The molecule has 1 atom stereocenters. The molecule has 0 heterocycles. The Labute approximate surface area is 124 Å². The summed E-state index contributed by atoms with van der Waals surface area (Å²) in [4.78, 5) is 12.4. The number of rotatable bonds is 6. The fourth-order valence-corrected chi connectivity index (χ4v) is 3.06. The second-order valence-corrected chi connectivity index (χ2v) is 8.68. The lowest BCUT2D eigenvalue weighted by atomic mass is 9.83. The standard InChI is InChI=1S/C13H24F3NO3S/c1-9(2)7-10(11(18)12(3,4)5)17(6)21(19,20)8-13(14,15)16/h9-10H,7-8H2,1-6H3/t10-/m0/s1. The first-order chi connectivity index (χ1) is 9.08. The van der Waals surface area contributed by atoms with Crippen LogP contribution in [0.2, 0.25) is 0 Å². The van der Waals surface area contributed by atoms with Crippen molar-refractivity contribution in [1.29, 1.82) is 0 Å². The van der Waals surface area contributed by atoms with Crippen molar-refractivity contribution in [3.8, 4) is 0 Å². The van der Waals surface area contributed by atoms with E-state index in [1.807, 2.05) is 0 Å². The molecule has 0 radical (unpaired) electrons. The first-order valence-electron chi connectivity index (χ1n) is 6.64. The van der Waals surface area contributed by atoms with Gasteiger partial charge in [-0.25, -0.2) is 8.42 Å². The molecular weight excluding hydrogens is 307 g/mol. The molecule has 0 spiro atoms. The number of ketones is 1. The van der Waals surface area contributed by atoms with Crippen LogP contribution in [0.15, 0.2) is 0 Å². The van der Waals surface area contributed by atoms with Crippen molar-refractivity contribution < 1.29 is 26.4 Å². The van der Waals surface area contributed by atoms with Crippen LogP contribution < -0.4 is 0 Å². The van der Waals surface area contributed by atoms with Crippen LogP contribution in [0.25, 0.3) is 0 Å². The number of sulfonamides is 1. The third-order valence-electron chi connectivity index (χ3n) is 2.96. The first-order valence-corrected chi connectivity index (χ1v) is 8.25. The highest BCUT2D eigenvalue weighted by Gasteiger charge is 2.42. The average Bonchev–Trinajstić information content (AvgIpc) is 2.18. The number of carbonyl (C=O) groups excluding carboxylic acids is 1. The summed E-state index contributed by atoms with van der Waals surface area (Å²) in [6.07, 6.45) is -4.65. The highest BCUT2D eigenvalue weighted by molar-refractivity contribution is 7.89. The largest absolute Gasteiger partial charge is 0.404 e. The fourth-order valence-electron chi connectivity index (χ4n) is 1.87. The van der Waals surface area contributed by atoms with Crippen LogP contribution in [0.3, 0.4) is 0 Å². The summed E-state index contributed by atoms with van der Waals surface area (Å²) in [5.74, 6) is -2.36. The number of halogens is 3. The van der Waals surface area contributed by atoms with Crippen LogP contribution in [-0.4, -0.2) is 43.5 Å². The summed E-state index contributed by atoms with van der Waals surface area (Å²) in [5.41, 5.74) is -0.832. The SMILES string of the molecule is CC(C)C[C@@H](C(=O)C(C)(C)C)N(C)S(=O)(=O)CC(F)(F)F. The summed E-state index contributed by atoms with van der Waals surface area (Å²) < 4.78 is 61.4. The van der Waals surface area contributed by atoms with Crippen LogP contribution in [-0.2, 0) is 14.8 Å². The van der Waals surface area contributed by atoms with Gasteiger partial charge in [0.05, 0.1) is 6.04 Å². The smallest absolute Gasteiger partial charge is 0.297 e. The zero-order valence-electron chi connectivity index (χ0n) is 13.3. The maximum Gasteiger partial charge on any atom is 0.404 e. The minimum Gasteiger partial charge on any atom is -0.297 e. The zero-order chi connectivity index (χ0) is 17.2. The molecule has 0 aliphatic heterocycles. The first kappa shape index (κ1) is 20.4. The lowest BCUT2D eigenvalue weighted by molar-refractivity contribution is -0.130. The predicted molar refractivity (Wildman–Crippen MR) is 75.3 cm³/mol. The molecule has 0 aliphatic rings. The lowest BCUT2D eigenvalue weighted by Crippen LogP contribution is -2.49. The molecule has 0 rings (SSSR count). The fraction of sp³-hybridized carbons (Fsp3) is 0.923. The second-order valence-electron chi connectivity index (χ2n) is 6.65. The molecule has 0 unspecified atom stereocenters. The molecule has 0 N–H and O–H groups in total. The molecule has 4 nitrogen and oxygen atoms in total.